The Labute approximate surface area is 99.5 Å². The van der Waals surface area contributed by atoms with Crippen LogP contribution in [0.1, 0.15) is 52.0 Å². The van der Waals surface area contributed by atoms with Crippen LogP contribution < -0.4 is 4.74 Å². The molecule has 0 bridgehead atoms. The highest BCUT2D eigenvalue weighted by molar-refractivity contribution is 7.68. The van der Waals surface area contributed by atoms with Crippen LogP contribution in [0, 0.1) is 5.41 Å². The van der Waals surface area contributed by atoms with Gasteiger partial charge in [-0.05, 0) is 27.6 Å². The molecular formula is C12H20OS2. The van der Waals surface area contributed by atoms with Crippen LogP contribution in [-0.4, -0.2) is 0 Å². The van der Waals surface area contributed by atoms with Crippen molar-refractivity contribution in [1.82, 2.24) is 0 Å². The van der Waals surface area contributed by atoms with Gasteiger partial charge in [-0.15, -0.1) is 0 Å². The van der Waals surface area contributed by atoms with E-state index < -0.39 is 0 Å². The molecule has 0 spiro atoms. The quantitative estimate of drug-likeness (QED) is 0.681. The van der Waals surface area contributed by atoms with Crippen LogP contribution >= 0.6 is 20.7 Å². The van der Waals surface area contributed by atoms with Crippen molar-refractivity contribution in [3.63, 3.8) is 0 Å². The first-order valence-electron chi connectivity index (χ1n) is 5.24. The summed E-state index contributed by atoms with van der Waals surface area (Å²) in [5.74, 6) is 0. The monoisotopic (exact) mass is 244 g/mol. The molecule has 1 aromatic rings. The van der Waals surface area contributed by atoms with Gasteiger partial charge in [-0.1, -0.05) is 51.9 Å². The second-order valence-corrected chi connectivity index (χ2v) is 8.36. The third kappa shape index (κ3) is 3.42. The van der Waals surface area contributed by atoms with Crippen LogP contribution in [0.2, 0.25) is 0 Å². The molecule has 0 fully saturated rings. The molecule has 1 nitrogen and oxygen atoms in total. The topological polar surface area (TPSA) is 17.1 Å². The fourth-order valence-electron chi connectivity index (χ4n) is 1.53. The van der Waals surface area contributed by atoms with E-state index in [1.165, 1.54) is 15.2 Å². The van der Waals surface area contributed by atoms with Crippen molar-refractivity contribution in [1.29, 1.82) is 0 Å². The van der Waals surface area contributed by atoms with Gasteiger partial charge in [0.15, 0.2) is 0 Å². The zero-order valence-corrected chi connectivity index (χ0v) is 12.1. The van der Waals surface area contributed by atoms with E-state index in [4.69, 9.17) is 0 Å². The molecule has 1 heterocycles. The molecule has 0 atom stereocenters. The standard InChI is InChI=1S/C12H20OS2/c1-11(2,3)7-8-9(12(4,5)6)14-15-10(8)13/h7H2,1-6H3. The van der Waals surface area contributed by atoms with Crippen LogP contribution in [0.25, 0.3) is 0 Å². The van der Waals surface area contributed by atoms with Crippen molar-refractivity contribution in [2.45, 2.75) is 53.4 Å². The Morgan fingerprint density at radius 3 is 1.93 bits per heavy atom. The summed E-state index contributed by atoms with van der Waals surface area (Å²) in [5.41, 5.74) is 1.34. The molecule has 0 aromatic carbocycles. The third-order valence-corrected chi connectivity index (χ3v) is 4.82. The summed E-state index contributed by atoms with van der Waals surface area (Å²) in [7, 11) is 3.04. The Hall–Kier alpha value is -0.150. The molecule has 0 aliphatic heterocycles. The SMILES string of the molecule is CC(C)(C)Cc1c(C(C)(C)C)ssc1=O. The lowest BCUT2D eigenvalue weighted by Crippen LogP contribution is -2.20. The summed E-state index contributed by atoms with van der Waals surface area (Å²) in [5, 5.41) is 0. The summed E-state index contributed by atoms with van der Waals surface area (Å²) >= 11 is 0. The van der Waals surface area contributed by atoms with E-state index in [0.29, 0.717) is 0 Å². The van der Waals surface area contributed by atoms with Gasteiger partial charge in [-0.3, -0.25) is 4.79 Å². The first kappa shape index (κ1) is 12.9. The molecule has 3 heteroatoms. The summed E-state index contributed by atoms with van der Waals surface area (Å²) in [4.78, 5) is 13.1. The zero-order chi connectivity index (χ0) is 11.9. The van der Waals surface area contributed by atoms with Gasteiger partial charge in [0.05, 0.1) is 0 Å². The van der Waals surface area contributed by atoms with Gasteiger partial charge in [-0.2, -0.15) is 0 Å². The van der Waals surface area contributed by atoms with Crippen molar-refractivity contribution in [3.8, 4) is 0 Å². The lowest BCUT2D eigenvalue weighted by atomic mass is 9.84. The molecule has 0 radical (unpaired) electrons. The molecule has 1 rings (SSSR count). The molecular weight excluding hydrogens is 224 g/mol. The highest BCUT2D eigenvalue weighted by Crippen LogP contribution is 2.33. The lowest BCUT2D eigenvalue weighted by Gasteiger charge is -2.22. The van der Waals surface area contributed by atoms with Gasteiger partial charge < -0.3 is 0 Å². The van der Waals surface area contributed by atoms with Gasteiger partial charge in [0.25, 0.3) is 0 Å². The van der Waals surface area contributed by atoms with Gasteiger partial charge in [0.1, 0.15) is 0 Å². The van der Waals surface area contributed by atoms with Crippen molar-refractivity contribution in [2.75, 3.05) is 0 Å². The van der Waals surface area contributed by atoms with E-state index in [1.54, 1.807) is 10.3 Å². The van der Waals surface area contributed by atoms with E-state index in [1.807, 2.05) is 0 Å². The van der Waals surface area contributed by atoms with Gasteiger partial charge >= 0.3 is 0 Å². The minimum Gasteiger partial charge on any atom is -0.277 e. The Kier molecular flexibility index (Phi) is 3.46. The van der Waals surface area contributed by atoms with E-state index in [-0.39, 0.29) is 15.6 Å². The smallest absolute Gasteiger partial charge is 0.246 e. The fraction of sp³-hybridized carbons (Fsp3) is 0.750. The van der Waals surface area contributed by atoms with Crippen LogP contribution in [0.3, 0.4) is 0 Å². The first-order chi connectivity index (χ1) is 6.61. The van der Waals surface area contributed by atoms with Crippen LogP contribution in [0.4, 0.5) is 0 Å². The van der Waals surface area contributed by atoms with E-state index >= 15 is 0 Å². The van der Waals surface area contributed by atoms with E-state index in [2.05, 4.69) is 41.5 Å². The minimum absolute atomic E-state index is 0.102. The average molecular weight is 244 g/mol. The van der Waals surface area contributed by atoms with Crippen molar-refractivity contribution in [2.24, 2.45) is 5.41 Å². The Morgan fingerprint density at radius 1 is 1.00 bits per heavy atom. The molecule has 0 N–H and O–H groups in total. The summed E-state index contributed by atoms with van der Waals surface area (Å²) in [6.45, 7) is 13.1. The van der Waals surface area contributed by atoms with Gasteiger partial charge in [0.2, 0.25) is 4.74 Å². The lowest BCUT2D eigenvalue weighted by molar-refractivity contribution is 0.406. The van der Waals surface area contributed by atoms with E-state index in [0.717, 1.165) is 12.0 Å². The van der Waals surface area contributed by atoms with Gasteiger partial charge in [0, 0.05) is 10.4 Å². The molecule has 1 aromatic heterocycles. The molecule has 0 saturated carbocycles. The largest absolute Gasteiger partial charge is 0.277 e. The summed E-state index contributed by atoms with van der Waals surface area (Å²) in [6.07, 6.45) is 0.887. The highest BCUT2D eigenvalue weighted by atomic mass is 32.9. The second kappa shape index (κ2) is 4.02. The third-order valence-electron chi connectivity index (χ3n) is 2.11. The maximum atomic E-state index is 11.8. The molecule has 0 amide bonds. The molecule has 0 saturated heterocycles. The number of hydrogen-bond acceptors (Lipinski definition) is 3. The second-order valence-electron chi connectivity index (χ2n) is 6.25. The van der Waals surface area contributed by atoms with Crippen molar-refractivity contribution >= 4 is 20.7 Å². The van der Waals surface area contributed by atoms with Crippen LogP contribution in [0.15, 0.2) is 4.79 Å². The van der Waals surface area contributed by atoms with Gasteiger partial charge in [-0.25, -0.2) is 0 Å². The molecule has 15 heavy (non-hydrogen) atoms. The first-order valence-corrected chi connectivity index (χ1v) is 7.39. The molecule has 0 unspecified atom stereocenters. The highest BCUT2D eigenvalue weighted by Gasteiger charge is 2.25. The van der Waals surface area contributed by atoms with Crippen LogP contribution in [0.5, 0.6) is 0 Å². The molecule has 0 aliphatic carbocycles. The van der Waals surface area contributed by atoms with E-state index in [9.17, 15) is 4.79 Å². The Bertz CT molecular complexity index is 385. The van der Waals surface area contributed by atoms with Crippen molar-refractivity contribution < 1.29 is 0 Å². The Balaban J connectivity index is 3.17. The fourth-order valence-corrected chi connectivity index (χ4v) is 4.38. The molecule has 86 valence electrons. The minimum atomic E-state index is 0.102. The van der Waals surface area contributed by atoms with Crippen LogP contribution in [-0.2, 0) is 11.8 Å². The summed E-state index contributed by atoms with van der Waals surface area (Å²) < 4.78 is 0.264. The number of hydrogen-bond donors (Lipinski definition) is 0. The predicted molar refractivity (Wildman–Crippen MR) is 70.3 cm³/mol. The average Bonchev–Trinajstić information content (AvgIpc) is 2.28. The molecule has 0 aliphatic rings. The Morgan fingerprint density at radius 2 is 1.53 bits per heavy atom. The zero-order valence-electron chi connectivity index (χ0n) is 10.4. The maximum Gasteiger partial charge on any atom is 0.246 e. The normalized spacial score (nSPS) is 13.2. The summed E-state index contributed by atoms with van der Waals surface area (Å²) in [6, 6.07) is 0. The predicted octanol–water partition coefficient (Wildman–Crippen LogP) is 4.06. The maximum absolute atomic E-state index is 11.8. The number of rotatable bonds is 1. The van der Waals surface area contributed by atoms with Crippen molar-refractivity contribution in [3.05, 3.63) is 20.0 Å².